The van der Waals surface area contributed by atoms with Crippen LogP contribution < -0.4 is 5.73 Å². The SMILES string of the molecule is CCCc1nn(C)c2c1[nH]c(=S)n2C(C)(C)CC(N)=O. The van der Waals surface area contributed by atoms with Gasteiger partial charge in [-0.15, -0.1) is 0 Å². The van der Waals surface area contributed by atoms with Crippen molar-refractivity contribution in [2.75, 3.05) is 0 Å². The van der Waals surface area contributed by atoms with E-state index in [1.807, 2.05) is 30.1 Å². The number of aromatic nitrogens is 4. The summed E-state index contributed by atoms with van der Waals surface area (Å²) in [5, 5.41) is 4.54. The Morgan fingerprint density at radius 1 is 1.50 bits per heavy atom. The van der Waals surface area contributed by atoms with E-state index in [2.05, 4.69) is 17.0 Å². The predicted molar refractivity (Wildman–Crippen MR) is 81.0 cm³/mol. The molecular formula is C13H21N5OS. The monoisotopic (exact) mass is 295 g/mol. The first-order chi connectivity index (χ1) is 9.27. The van der Waals surface area contributed by atoms with E-state index < -0.39 is 5.54 Å². The number of nitrogens with one attached hydrogen (secondary N) is 1. The molecule has 110 valence electrons. The van der Waals surface area contributed by atoms with Crippen molar-refractivity contribution >= 4 is 29.3 Å². The van der Waals surface area contributed by atoms with Crippen LogP contribution in [0.4, 0.5) is 0 Å². The molecule has 0 spiro atoms. The van der Waals surface area contributed by atoms with Gasteiger partial charge in [0.25, 0.3) is 0 Å². The average Bonchev–Trinajstić information content (AvgIpc) is 2.76. The lowest BCUT2D eigenvalue weighted by Crippen LogP contribution is -2.32. The van der Waals surface area contributed by atoms with Gasteiger partial charge in [-0.1, -0.05) is 13.3 Å². The van der Waals surface area contributed by atoms with Gasteiger partial charge in [-0.25, -0.2) is 0 Å². The zero-order chi connectivity index (χ0) is 15.1. The van der Waals surface area contributed by atoms with E-state index in [0.717, 1.165) is 29.7 Å². The second-order valence-corrected chi connectivity index (χ2v) is 6.13. The molecule has 2 heterocycles. The van der Waals surface area contributed by atoms with Gasteiger partial charge >= 0.3 is 0 Å². The van der Waals surface area contributed by atoms with Crippen molar-refractivity contribution in [2.24, 2.45) is 12.8 Å². The Balaban J connectivity index is 2.68. The number of nitrogens with zero attached hydrogens (tertiary/aromatic N) is 3. The quantitative estimate of drug-likeness (QED) is 0.828. The lowest BCUT2D eigenvalue weighted by molar-refractivity contribution is -0.119. The number of aryl methyl sites for hydroxylation is 2. The number of rotatable bonds is 5. The zero-order valence-corrected chi connectivity index (χ0v) is 13.2. The molecule has 0 saturated carbocycles. The lowest BCUT2D eigenvalue weighted by atomic mass is 10.00. The summed E-state index contributed by atoms with van der Waals surface area (Å²) in [5.74, 6) is -0.345. The first-order valence-corrected chi connectivity index (χ1v) is 7.14. The summed E-state index contributed by atoms with van der Waals surface area (Å²) in [6, 6.07) is 0. The maximum Gasteiger partial charge on any atom is 0.219 e. The third-order valence-electron chi connectivity index (χ3n) is 3.44. The van der Waals surface area contributed by atoms with Crippen LogP contribution in [0.5, 0.6) is 0 Å². The molecule has 6 nitrogen and oxygen atoms in total. The van der Waals surface area contributed by atoms with Crippen molar-refractivity contribution in [3.63, 3.8) is 0 Å². The molecule has 7 heteroatoms. The van der Waals surface area contributed by atoms with E-state index >= 15 is 0 Å². The van der Waals surface area contributed by atoms with Crippen LogP contribution in [0, 0.1) is 4.77 Å². The normalized spacial score (nSPS) is 12.2. The van der Waals surface area contributed by atoms with Crippen LogP contribution in [0.2, 0.25) is 0 Å². The van der Waals surface area contributed by atoms with Gasteiger partial charge in [0, 0.05) is 13.5 Å². The van der Waals surface area contributed by atoms with E-state index in [1.165, 1.54) is 0 Å². The van der Waals surface area contributed by atoms with Crippen LogP contribution in [0.3, 0.4) is 0 Å². The molecule has 0 unspecified atom stereocenters. The number of carbonyl (C=O) groups excluding carboxylic acids is 1. The van der Waals surface area contributed by atoms with Crippen LogP contribution in [0.25, 0.3) is 11.2 Å². The number of fused-ring (bicyclic) bond motifs is 1. The topological polar surface area (TPSA) is 81.6 Å². The van der Waals surface area contributed by atoms with Crippen molar-refractivity contribution in [3.8, 4) is 0 Å². The Morgan fingerprint density at radius 3 is 2.70 bits per heavy atom. The molecule has 0 radical (unpaired) electrons. The van der Waals surface area contributed by atoms with Gasteiger partial charge in [0.2, 0.25) is 5.91 Å². The number of hydrogen-bond donors (Lipinski definition) is 2. The van der Waals surface area contributed by atoms with Crippen molar-refractivity contribution < 1.29 is 4.79 Å². The number of H-pyrrole nitrogens is 1. The van der Waals surface area contributed by atoms with Gasteiger partial charge in [-0.3, -0.25) is 14.0 Å². The summed E-state index contributed by atoms with van der Waals surface area (Å²) >= 11 is 5.43. The van der Waals surface area contributed by atoms with Gasteiger partial charge in [0.15, 0.2) is 10.4 Å². The third-order valence-corrected chi connectivity index (χ3v) is 3.72. The predicted octanol–water partition coefficient (Wildman–Crippen LogP) is 2.00. The Kier molecular flexibility index (Phi) is 3.73. The van der Waals surface area contributed by atoms with E-state index in [9.17, 15) is 4.79 Å². The number of primary amides is 1. The molecule has 0 aliphatic carbocycles. The number of hydrogen-bond acceptors (Lipinski definition) is 3. The van der Waals surface area contributed by atoms with E-state index in [0.29, 0.717) is 4.77 Å². The molecule has 20 heavy (non-hydrogen) atoms. The molecule has 2 aromatic heterocycles. The van der Waals surface area contributed by atoms with Gasteiger partial charge in [0.05, 0.1) is 11.2 Å². The smallest absolute Gasteiger partial charge is 0.219 e. The molecule has 0 saturated heterocycles. The first-order valence-electron chi connectivity index (χ1n) is 6.73. The Morgan fingerprint density at radius 2 is 2.15 bits per heavy atom. The minimum atomic E-state index is -0.488. The molecule has 0 bridgehead atoms. The number of amides is 1. The fraction of sp³-hybridized carbons (Fsp3) is 0.615. The maximum absolute atomic E-state index is 11.3. The summed E-state index contributed by atoms with van der Waals surface area (Å²) in [4.78, 5) is 14.5. The summed E-state index contributed by atoms with van der Waals surface area (Å²) in [7, 11) is 1.89. The molecule has 0 atom stereocenters. The van der Waals surface area contributed by atoms with Crippen LogP contribution >= 0.6 is 12.2 Å². The van der Waals surface area contributed by atoms with Crippen molar-refractivity contribution in [1.82, 2.24) is 19.3 Å². The molecule has 0 aliphatic rings. The van der Waals surface area contributed by atoms with Gasteiger partial charge in [-0.2, -0.15) is 5.10 Å². The maximum atomic E-state index is 11.3. The molecule has 0 aliphatic heterocycles. The van der Waals surface area contributed by atoms with Crippen LogP contribution in [0.15, 0.2) is 0 Å². The fourth-order valence-corrected chi connectivity index (χ4v) is 3.13. The third kappa shape index (κ3) is 2.37. The van der Waals surface area contributed by atoms with E-state index in [4.69, 9.17) is 18.0 Å². The molecule has 0 fully saturated rings. The number of carbonyl (C=O) groups is 1. The van der Waals surface area contributed by atoms with E-state index in [-0.39, 0.29) is 12.3 Å². The van der Waals surface area contributed by atoms with E-state index in [1.54, 1.807) is 0 Å². The summed E-state index contributed by atoms with van der Waals surface area (Å²) < 4.78 is 4.35. The highest BCUT2D eigenvalue weighted by atomic mass is 32.1. The lowest BCUT2D eigenvalue weighted by Gasteiger charge is -2.25. The van der Waals surface area contributed by atoms with Crippen molar-refractivity contribution in [1.29, 1.82) is 0 Å². The van der Waals surface area contributed by atoms with Crippen LogP contribution in [0.1, 0.15) is 39.3 Å². The Bertz CT molecular complexity index is 706. The highest BCUT2D eigenvalue weighted by Crippen LogP contribution is 2.28. The minimum absolute atomic E-state index is 0.225. The molecule has 1 amide bonds. The van der Waals surface area contributed by atoms with Gasteiger partial charge in [0.1, 0.15) is 5.52 Å². The average molecular weight is 295 g/mol. The van der Waals surface area contributed by atoms with Crippen LogP contribution in [-0.4, -0.2) is 25.2 Å². The summed E-state index contributed by atoms with van der Waals surface area (Å²) in [5.41, 5.74) is 7.73. The second kappa shape index (κ2) is 5.05. The largest absolute Gasteiger partial charge is 0.370 e. The number of nitrogens with two attached hydrogens (primary N) is 1. The summed E-state index contributed by atoms with van der Waals surface area (Å²) in [6.45, 7) is 6.02. The van der Waals surface area contributed by atoms with Gasteiger partial charge in [-0.05, 0) is 32.5 Å². The second-order valence-electron chi connectivity index (χ2n) is 5.74. The zero-order valence-electron chi connectivity index (χ0n) is 12.4. The molecule has 2 aromatic rings. The van der Waals surface area contributed by atoms with Gasteiger partial charge < -0.3 is 10.7 Å². The first kappa shape index (κ1) is 14.8. The number of aromatic amines is 1. The Labute approximate surface area is 123 Å². The Hall–Kier alpha value is -1.63. The highest BCUT2D eigenvalue weighted by molar-refractivity contribution is 7.71. The summed E-state index contributed by atoms with van der Waals surface area (Å²) in [6.07, 6.45) is 2.13. The minimum Gasteiger partial charge on any atom is -0.370 e. The highest BCUT2D eigenvalue weighted by Gasteiger charge is 2.28. The fourth-order valence-electron chi connectivity index (χ4n) is 2.69. The van der Waals surface area contributed by atoms with Crippen molar-refractivity contribution in [3.05, 3.63) is 10.5 Å². The molecule has 0 aromatic carbocycles. The van der Waals surface area contributed by atoms with Crippen LogP contribution in [-0.2, 0) is 23.8 Å². The molecule has 3 N–H and O–H groups in total. The standard InChI is InChI=1S/C13H21N5OS/c1-5-6-8-10-11(17(4)16-8)18(12(20)15-10)13(2,3)7-9(14)19/h5-7H2,1-4H3,(H2,14,19)(H,15,20). The molecular weight excluding hydrogens is 274 g/mol. The number of imidazole rings is 1. The van der Waals surface area contributed by atoms with Crippen molar-refractivity contribution in [2.45, 2.75) is 45.6 Å². The molecule has 2 rings (SSSR count).